The fraction of sp³-hybridized carbons (Fsp3) is 0.682. The molecule has 1 saturated heterocycles. The molecule has 0 N–H and O–H groups in total. The molecular weight excluding hydrogens is 385 g/mol. The molecule has 160 valence electrons. The largest absolute Gasteiger partial charge is 0.426 e. The first kappa shape index (κ1) is 20.7. The molecule has 1 atom stereocenters. The van der Waals surface area contributed by atoms with E-state index in [1.165, 1.54) is 0 Å². The van der Waals surface area contributed by atoms with Crippen LogP contribution in [-0.4, -0.2) is 31.4 Å². The quantitative estimate of drug-likeness (QED) is 0.292. The van der Waals surface area contributed by atoms with Crippen molar-refractivity contribution in [1.82, 2.24) is 0 Å². The summed E-state index contributed by atoms with van der Waals surface area (Å²) in [5.74, 6) is -4.07. The highest BCUT2D eigenvalue weighted by atomic mass is 19.2. The maximum absolute atomic E-state index is 13.3. The van der Waals surface area contributed by atoms with Crippen molar-refractivity contribution in [2.45, 2.75) is 63.6 Å². The highest BCUT2D eigenvalue weighted by Crippen LogP contribution is 2.41. The number of esters is 1. The monoisotopic (exact) mass is 412 g/mol. The summed E-state index contributed by atoms with van der Waals surface area (Å²) in [5, 5.41) is 0. The van der Waals surface area contributed by atoms with E-state index in [0.29, 0.717) is 55.6 Å². The van der Waals surface area contributed by atoms with Crippen LogP contribution in [0.2, 0.25) is 0 Å². The van der Waals surface area contributed by atoms with Gasteiger partial charge in [0, 0.05) is 12.1 Å². The van der Waals surface area contributed by atoms with Crippen LogP contribution in [0.5, 0.6) is 5.75 Å². The lowest BCUT2D eigenvalue weighted by molar-refractivity contribution is -0.140. The van der Waals surface area contributed by atoms with E-state index in [9.17, 15) is 18.0 Å². The second-order valence-electron chi connectivity index (χ2n) is 8.56. The van der Waals surface area contributed by atoms with Gasteiger partial charge in [0.2, 0.25) is 0 Å². The Morgan fingerprint density at radius 2 is 1.48 bits per heavy atom. The normalized spacial score (nSPS) is 32.0. The predicted molar refractivity (Wildman–Crippen MR) is 98.8 cm³/mol. The minimum atomic E-state index is -1.56. The van der Waals surface area contributed by atoms with Gasteiger partial charge in [-0.05, 0) is 63.2 Å². The van der Waals surface area contributed by atoms with Gasteiger partial charge in [-0.3, -0.25) is 4.79 Å². The predicted octanol–water partition coefficient (Wildman–Crippen LogP) is 4.79. The summed E-state index contributed by atoms with van der Waals surface area (Å²) < 4.78 is 55.8. The number of carbonyl (C=O) groups excluding carboxylic acids is 1. The molecule has 1 aromatic carbocycles. The number of epoxide rings is 1. The lowest BCUT2D eigenvalue weighted by Gasteiger charge is -2.37. The molecule has 1 heterocycles. The van der Waals surface area contributed by atoms with Crippen molar-refractivity contribution in [3.63, 3.8) is 0 Å². The van der Waals surface area contributed by atoms with Gasteiger partial charge in [-0.2, -0.15) is 0 Å². The average molecular weight is 412 g/mol. The number of halogens is 3. The van der Waals surface area contributed by atoms with E-state index in [1.807, 2.05) is 0 Å². The van der Waals surface area contributed by atoms with Crippen LogP contribution in [0.4, 0.5) is 13.2 Å². The molecule has 1 aromatic rings. The number of hydrogen-bond acceptors (Lipinski definition) is 4. The zero-order chi connectivity index (χ0) is 20.4. The van der Waals surface area contributed by atoms with E-state index < -0.39 is 23.4 Å². The topological polar surface area (TPSA) is 48.1 Å². The van der Waals surface area contributed by atoms with Crippen LogP contribution in [0, 0.1) is 35.2 Å². The Morgan fingerprint density at radius 1 is 0.931 bits per heavy atom. The van der Waals surface area contributed by atoms with Gasteiger partial charge in [-0.1, -0.05) is 0 Å². The number of rotatable bonds is 6. The molecule has 3 aliphatic rings. The third-order valence-electron chi connectivity index (χ3n) is 6.59. The maximum Gasteiger partial charge on any atom is 0.314 e. The van der Waals surface area contributed by atoms with Crippen LogP contribution in [0.3, 0.4) is 0 Å². The van der Waals surface area contributed by atoms with Crippen molar-refractivity contribution in [1.29, 1.82) is 0 Å². The Hall–Kier alpha value is -1.60. The van der Waals surface area contributed by atoms with Crippen LogP contribution in [-0.2, 0) is 14.3 Å². The third-order valence-corrected chi connectivity index (χ3v) is 6.59. The maximum atomic E-state index is 13.3. The van der Waals surface area contributed by atoms with E-state index >= 15 is 0 Å². The van der Waals surface area contributed by atoms with Gasteiger partial charge in [0.1, 0.15) is 11.9 Å². The van der Waals surface area contributed by atoms with Crippen molar-refractivity contribution in [2.24, 2.45) is 17.8 Å². The standard InChI is InChI=1S/C22H27F3O4/c23-19-9-17(10-20(24)21(19)25)29-22(26)15-3-1-13(2-4-15)14-5-7-16(8-6-14)27-11-18-12-28-18/h9-10,13-16,18H,1-8,11-12H2. The van der Waals surface area contributed by atoms with Gasteiger partial charge in [-0.25, -0.2) is 13.2 Å². The lowest BCUT2D eigenvalue weighted by atomic mass is 9.70. The summed E-state index contributed by atoms with van der Waals surface area (Å²) in [6, 6.07) is 1.41. The first-order valence-corrected chi connectivity index (χ1v) is 10.6. The second kappa shape index (κ2) is 9.04. The number of carbonyl (C=O) groups is 1. The number of benzene rings is 1. The Labute approximate surface area is 168 Å². The van der Waals surface area contributed by atoms with Crippen LogP contribution in [0.25, 0.3) is 0 Å². The van der Waals surface area contributed by atoms with Gasteiger partial charge < -0.3 is 14.2 Å². The molecule has 0 spiro atoms. The second-order valence-corrected chi connectivity index (χ2v) is 8.56. The summed E-state index contributed by atoms with van der Waals surface area (Å²) >= 11 is 0. The van der Waals surface area contributed by atoms with E-state index in [0.717, 1.165) is 45.1 Å². The summed E-state index contributed by atoms with van der Waals surface area (Å²) in [7, 11) is 0. The molecule has 4 nitrogen and oxygen atoms in total. The first-order valence-electron chi connectivity index (χ1n) is 10.6. The molecule has 2 saturated carbocycles. The van der Waals surface area contributed by atoms with Crippen molar-refractivity contribution >= 4 is 5.97 Å². The van der Waals surface area contributed by atoms with Gasteiger partial charge >= 0.3 is 5.97 Å². The molecule has 2 aliphatic carbocycles. The minimum absolute atomic E-state index is 0.277. The van der Waals surface area contributed by atoms with Gasteiger partial charge in [0.05, 0.1) is 25.2 Å². The van der Waals surface area contributed by atoms with E-state index in [1.54, 1.807) is 0 Å². The summed E-state index contributed by atoms with van der Waals surface area (Å²) in [4.78, 5) is 12.3. The van der Waals surface area contributed by atoms with Crippen LogP contribution >= 0.6 is 0 Å². The highest BCUT2D eigenvalue weighted by molar-refractivity contribution is 5.75. The Morgan fingerprint density at radius 3 is 2.03 bits per heavy atom. The van der Waals surface area contributed by atoms with Crippen molar-refractivity contribution in [2.75, 3.05) is 13.2 Å². The van der Waals surface area contributed by atoms with Crippen molar-refractivity contribution in [3.8, 4) is 5.75 Å². The lowest BCUT2D eigenvalue weighted by Crippen LogP contribution is -2.31. The summed E-state index contributed by atoms with van der Waals surface area (Å²) in [6.07, 6.45) is 8.48. The third kappa shape index (κ3) is 5.31. The molecule has 3 fully saturated rings. The molecule has 7 heteroatoms. The van der Waals surface area contributed by atoms with Crippen LogP contribution in [0.15, 0.2) is 12.1 Å². The fourth-order valence-corrected chi connectivity index (χ4v) is 4.75. The Kier molecular flexibility index (Phi) is 6.44. The van der Waals surface area contributed by atoms with E-state index in [2.05, 4.69) is 0 Å². The molecule has 0 aromatic heterocycles. The smallest absolute Gasteiger partial charge is 0.314 e. The van der Waals surface area contributed by atoms with E-state index in [4.69, 9.17) is 14.2 Å². The molecule has 0 bridgehead atoms. The van der Waals surface area contributed by atoms with Gasteiger partial charge in [-0.15, -0.1) is 0 Å². The van der Waals surface area contributed by atoms with Crippen LogP contribution < -0.4 is 4.74 Å². The summed E-state index contributed by atoms with van der Waals surface area (Å²) in [6.45, 7) is 1.54. The number of hydrogen-bond donors (Lipinski definition) is 0. The summed E-state index contributed by atoms with van der Waals surface area (Å²) in [5.41, 5.74) is 0. The molecule has 1 aliphatic heterocycles. The van der Waals surface area contributed by atoms with Crippen LogP contribution in [0.1, 0.15) is 51.4 Å². The van der Waals surface area contributed by atoms with Crippen molar-refractivity contribution in [3.05, 3.63) is 29.6 Å². The van der Waals surface area contributed by atoms with Crippen molar-refractivity contribution < 1.29 is 32.2 Å². The molecule has 0 amide bonds. The number of ether oxygens (including phenoxy) is 3. The molecule has 4 rings (SSSR count). The Balaban J connectivity index is 1.20. The Bertz CT molecular complexity index is 698. The zero-order valence-corrected chi connectivity index (χ0v) is 16.4. The minimum Gasteiger partial charge on any atom is -0.426 e. The molecular formula is C22H27F3O4. The highest BCUT2D eigenvalue weighted by Gasteiger charge is 2.34. The SMILES string of the molecule is O=C(Oc1cc(F)c(F)c(F)c1)C1CCC(C2CCC(OCC3CO3)CC2)CC1. The van der Waals surface area contributed by atoms with Gasteiger partial charge in [0.25, 0.3) is 0 Å². The molecule has 29 heavy (non-hydrogen) atoms. The first-order chi connectivity index (χ1) is 14.0. The average Bonchev–Trinajstić information content (AvgIpc) is 3.55. The fourth-order valence-electron chi connectivity index (χ4n) is 4.75. The molecule has 0 radical (unpaired) electrons. The van der Waals surface area contributed by atoms with E-state index in [-0.39, 0.29) is 11.7 Å². The van der Waals surface area contributed by atoms with Gasteiger partial charge in [0.15, 0.2) is 17.5 Å². The zero-order valence-electron chi connectivity index (χ0n) is 16.4. The molecule has 1 unspecified atom stereocenters.